The van der Waals surface area contributed by atoms with Crippen LogP contribution in [0.15, 0.2) is 12.1 Å². The van der Waals surface area contributed by atoms with E-state index in [1.54, 1.807) is 0 Å². The number of carbonyl (C=O) groups is 1. The Morgan fingerprint density at radius 1 is 1.53 bits per heavy atom. The van der Waals surface area contributed by atoms with Crippen molar-refractivity contribution in [3.8, 4) is 5.75 Å². The summed E-state index contributed by atoms with van der Waals surface area (Å²) in [5.41, 5.74) is 5.65. The number of carboxylic acids is 1. The number of nitrogens with two attached hydrogens (primary N) is 1. The van der Waals surface area contributed by atoms with Gasteiger partial charge >= 0.3 is 5.97 Å². The Morgan fingerprint density at radius 2 is 2.12 bits per heavy atom. The van der Waals surface area contributed by atoms with Crippen LogP contribution in [0.1, 0.15) is 41.7 Å². The van der Waals surface area contributed by atoms with Gasteiger partial charge in [0.2, 0.25) is 0 Å². The Hall–Kier alpha value is -1.33. The summed E-state index contributed by atoms with van der Waals surface area (Å²) in [4.78, 5) is 10.7. The maximum absolute atomic E-state index is 13.2. The van der Waals surface area contributed by atoms with Crippen molar-refractivity contribution in [2.24, 2.45) is 5.73 Å². The van der Waals surface area contributed by atoms with Gasteiger partial charge in [0.1, 0.15) is 0 Å². The number of carboxylic acid groups (broad SMARTS) is 1. The van der Waals surface area contributed by atoms with Crippen molar-refractivity contribution in [1.29, 1.82) is 0 Å². The second-order valence-electron chi connectivity index (χ2n) is 3.60. The minimum atomic E-state index is -1.25. The van der Waals surface area contributed by atoms with Crippen LogP contribution in [0.25, 0.3) is 0 Å². The molecule has 0 aliphatic heterocycles. The first-order valence-corrected chi connectivity index (χ1v) is 4.98. The minimum absolute atomic E-state index is 0. The fraction of sp³-hybridized carbons (Fsp3) is 0.364. The molecule has 0 aliphatic rings. The summed E-state index contributed by atoms with van der Waals surface area (Å²) < 4.78 is 13.2. The van der Waals surface area contributed by atoms with E-state index in [0.29, 0.717) is 6.42 Å². The van der Waals surface area contributed by atoms with Crippen LogP contribution < -0.4 is 5.73 Å². The topological polar surface area (TPSA) is 83.6 Å². The van der Waals surface area contributed by atoms with Crippen molar-refractivity contribution in [2.75, 3.05) is 0 Å². The van der Waals surface area contributed by atoms with Gasteiger partial charge in [0.05, 0.1) is 5.56 Å². The van der Waals surface area contributed by atoms with Crippen LogP contribution in [-0.2, 0) is 0 Å². The van der Waals surface area contributed by atoms with Crippen molar-refractivity contribution in [1.82, 2.24) is 0 Å². The number of phenolic OH excluding ortho intramolecular Hbond substituents is 1. The average Bonchev–Trinajstić information content (AvgIpc) is 2.21. The number of aromatic carboxylic acids is 1. The molecule has 0 aliphatic carbocycles. The second-order valence-corrected chi connectivity index (χ2v) is 3.60. The average molecular weight is 264 g/mol. The Labute approximate surface area is 105 Å². The highest BCUT2D eigenvalue weighted by Gasteiger charge is 2.17. The van der Waals surface area contributed by atoms with Crippen LogP contribution in [0.3, 0.4) is 0 Å². The molecule has 1 aromatic carbocycles. The predicted octanol–water partition coefficient (Wildman–Crippen LogP) is 2.45. The smallest absolute Gasteiger partial charge is 0.335 e. The number of aromatic hydroxyl groups is 1. The molecule has 17 heavy (non-hydrogen) atoms. The molecule has 0 fully saturated rings. The quantitative estimate of drug-likeness (QED) is 0.779. The first-order chi connectivity index (χ1) is 7.47. The van der Waals surface area contributed by atoms with Crippen LogP contribution in [-0.4, -0.2) is 16.2 Å². The molecule has 1 rings (SSSR count). The lowest BCUT2D eigenvalue weighted by atomic mass is 9.99. The zero-order valence-corrected chi connectivity index (χ0v) is 10.1. The lowest BCUT2D eigenvalue weighted by Gasteiger charge is -2.13. The Morgan fingerprint density at radius 3 is 2.59 bits per heavy atom. The van der Waals surface area contributed by atoms with Gasteiger partial charge < -0.3 is 15.9 Å². The maximum Gasteiger partial charge on any atom is 0.335 e. The lowest BCUT2D eigenvalue weighted by Crippen LogP contribution is -2.12. The van der Waals surface area contributed by atoms with E-state index in [4.69, 9.17) is 10.8 Å². The molecule has 4 N–H and O–H groups in total. The number of hydrogen-bond donors (Lipinski definition) is 3. The summed E-state index contributed by atoms with van der Waals surface area (Å²) in [6, 6.07) is 1.43. The summed E-state index contributed by atoms with van der Waals surface area (Å²) in [5.74, 6) is -2.77. The molecule has 0 saturated carbocycles. The number of rotatable bonds is 4. The molecule has 0 radical (unpaired) electrons. The van der Waals surface area contributed by atoms with E-state index < -0.39 is 23.6 Å². The van der Waals surface area contributed by atoms with E-state index in [-0.39, 0.29) is 23.5 Å². The van der Waals surface area contributed by atoms with Gasteiger partial charge in [0.15, 0.2) is 11.6 Å². The summed E-state index contributed by atoms with van der Waals surface area (Å²) in [5, 5.41) is 18.2. The van der Waals surface area contributed by atoms with Crippen LogP contribution in [0.4, 0.5) is 4.39 Å². The minimum Gasteiger partial charge on any atom is -0.505 e. The van der Waals surface area contributed by atoms with Crippen LogP contribution >= 0.6 is 12.4 Å². The first kappa shape index (κ1) is 15.7. The molecule has 96 valence electrons. The molecule has 0 aromatic heterocycles. The van der Waals surface area contributed by atoms with E-state index in [0.717, 1.165) is 12.5 Å². The summed E-state index contributed by atoms with van der Waals surface area (Å²) >= 11 is 0. The molecule has 6 heteroatoms. The molecule has 1 atom stereocenters. The van der Waals surface area contributed by atoms with E-state index in [1.165, 1.54) is 6.07 Å². The zero-order chi connectivity index (χ0) is 12.3. The number of halogens is 2. The Kier molecular flexibility index (Phi) is 5.91. The van der Waals surface area contributed by atoms with Gasteiger partial charge in [0, 0.05) is 11.6 Å². The van der Waals surface area contributed by atoms with E-state index in [9.17, 15) is 14.3 Å². The molecule has 0 amide bonds. The molecule has 0 heterocycles. The Bertz CT molecular complexity index is 412. The van der Waals surface area contributed by atoms with Gasteiger partial charge in [-0.15, -0.1) is 12.4 Å². The largest absolute Gasteiger partial charge is 0.505 e. The molecule has 0 spiro atoms. The molecular formula is C11H15ClFNO3. The first-order valence-electron chi connectivity index (χ1n) is 4.98. The fourth-order valence-electron chi connectivity index (χ4n) is 1.49. The van der Waals surface area contributed by atoms with Gasteiger partial charge in [-0.05, 0) is 18.6 Å². The number of hydrogen-bond acceptors (Lipinski definition) is 3. The van der Waals surface area contributed by atoms with E-state index in [2.05, 4.69) is 0 Å². The SMILES string of the molecule is CCC[C@H](N)c1cc(C(=O)O)cc(F)c1O.Cl. The summed E-state index contributed by atoms with van der Waals surface area (Å²) in [6.07, 6.45) is 1.32. The lowest BCUT2D eigenvalue weighted by molar-refractivity contribution is 0.0696. The number of phenols is 1. The predicted molar refractivity (Wildman–Crippen MR) is 64.1 cm³/mol. The third kappa shape index (κ3) is 3.57. The standard InChI is InChI=1S/C11H14FNO3.ClH/c1-2-3-9(13)7-4-6(11(15)16)5-8(12)10(7)14;/h4-5,9,14H,2-3,13H2,1H3,(H,15,16);1H/t9-;/m0./s1. The van der Waals surface area contributed by atoms with Gasteiger partial charge in [0.25, 0.3) is 0 Å². The van der Waals surface area contributed by atoms with Gasteiger partial charge in [-0.1, -0.05) is 13.3 Å². The highest BCUT2D eigenvalue weighted by atomic mass is 35.5. The zero-order valence-electron chi connectivity index (χ0n) is 9.31. The highest BCUT2D eigenvalue weighted by Crippen LogP contribution is 2.29. The highest BCUT2D eigenvalue weighted by molar-refractivity contribution is 5.88. The van der Waals surface area contributed by atoms with Crippen molar-refractivity contribution in [3.05, 3.63) is 29.1 Å². The maximum atomic E-state index is 13.2. The van der Waals surface area contributed by atoms with Crippen molar-refractivity contribution in [2.45, 2.75) is 25.8 Å². The van der Waals surface area contributed by atoms with Crippen molar-refractivity contribution < 1.29 is 19.4 Å². The van der Waals surface area contributed by atoms with E-state index >= 15 is 0 Å². The van der Waals surface area contributed by atoms with Gasteiger partial charge in [-0.25, -0.2) is 9.18 Å². The third-order valence-corrected chi connectivity index (χ3v) is 2.34. The third-order valence-electron chi connectivity index (χ3n) is 2.34. The second kappa shape index (κ2) is 6.42. The molecule has 1 aromatic rings. The normalized spacial score (nSPS) is 11.7. The van der Waals surface area contributed by atoms with Crippen molar-refractivity contribution >= 4 is 18.4 Å². The van der Waals surface area contributed by atoms with Crippen LogP contribution in [0, 0.1) is 5.82 Å². The van der Waals surface area contributed by atoms with Crippen LogP contribution in [0.5, 0.6) is 5.75 Å². The van der Waals surface area contributed by atoms with Crippen LogP contribution in [0.2, 0.25) is 0 Å². The van der Waals surface area contributed by atoms with Crippen molar-refractivity contribution in [3.63, 3.8) is 0 Å². The molecule has 4 nitrogen and oxygen atoms in total. The molecular weight excluding hydrogens is 249 g/mol. The summed E-state index contributed by atoms with van der Waals surface area (Å²) in [7, 11) is 0. The fourth-order valence-corrected chi connectivity index (χ4v) is 1.49. The summed E-state index contributed by atoms with van der Waals surface area (Å²) in [6.45, 7) is 1.90. The molecule has 0 saturated heterocycles. The van der Waals surface area contributed by atoms with Gasteiger partial charge in [-0.2, -0.15) is 0 Å². The van der Waals surface area contributed by atoms with Gasteiger partial charge in [-0.3, -0.25) is 0 Å². The molecule has 0 unspecified atom stereocenters. The monoisotopic (exact) mass is 263 g/mol. The van der Waals surface area contributed by atoms with E-state index in [1.807, 2.05) is 6.92 Å². The molecule has 0 bridgehead atoms. The number of benzene rings is 1. The Balaban J connectivity index is 0.00000256.